The average Bonchev–Trinajstić information content (AvgIpc) is 2.70. The number of pyridine rings is 1. The smallest absolute Gasteiger partial charge is 0.123 e. The zero-order chi connectivity index (χ0) is 17.8. The van der Waals surface area contributed by atoms with Crippen LogP contribution in [-0.4, -0.2) is 17.6 Å². The van der Waals surface area contributed by atoms with Gasteiger partial charge in [-0.25, -0.2) is 4.39 Å². The number of nitrogens with zero attached hydrogens (tertiary/aromatic N) is 1. The zero-order valence-corrected chi connectivity index (χ0v) is 14.5. The van der Waals surface area contributed by atoms with E-state index < -0.39 is 0 Å². The lowest BCUT2D eigenvalue weighted by molar-refractivity contribution is 0.532. The maximum absolute atomic E-state index is 13.2. The number of benzene rings is 2. The van der Waals surface area contributed by atoms with Crippen LogP contribution in [0.2, 0.25) is 0 Å². The van der Waals surface area contributed by atoms with Crippen molar-refractivity contribution >= 4 is 5.57 Å². The fraction of sp³-hybridized carbons (Fsp3) is 0.174. The summed E-state index contributed by atoms with van der Waals surface area (Å²) in [7, 11) is 0. The molecule has 0 spiro atoms. The second kappa shape index (κ2) is 7.63. The first kappa shape index (κ1) is 16.7. The predicted octanol–water partition coefficient (Wildman–Crippen LogP) is 4.88. The standard InChI is InChI=1S/C23H21FN2/c24-22-8-6-19(7-9-22)20-10-11-26-23(14-20)13-17-12-21(16-25-15-17)18-4-2-1-3-5-18/h1-10,12,15-16,23,26H,11,13-14H2. The molecule has 130 valence electrons. The van der Waals surface area contributed by atoms with Gasteiger partial charge in [0.05, 0.1) is 0 Å². The number of hydrogen-bond acceptors (Lipinski definition) is 2. The van der Waals surface area contributed by atoms with Crippen LogP contribution in [0.5, 0.6) is 0 Å². The minimum absolute atomic E-state index is 0.191. The number of hydrogen-bond donors (Lipinski definition) is 1. The van der Waals surface area contributed by atoms with Gasteiger partial charge in [0.25, 0.3) is 0 Å². The summed E-state index contributed by atoms with van der Waals surface area (Å²) in [6, 6.07) is 19.7. The molecule has 0 fully saturated rings. The fourth-order valence-electron chi connectivity index (χ4n) is 3.49. The maximum Gasteiger partial charge on any atom is 0.123 e. The molecule has 1 N–H and O–H groups in total. The van der Waals surface area contributed by atoms with E-state index in [0.29, 0.717) is 6.04 Å². The van der Waals surface area contributed by atoms with E-state index in [-0.39, 0.29) is 5.82 Å². The molecule has 3 aromatic rings. The van der Waals surface area contributed by atoms with Gasteiger partial charge in [0, 0.05) is 30.5 Å². The van der Waals surface area contributed by atoms with Crippen LogP contribution in [0.4, 0.5) is 4.39 Å². The van der Waals surface area contributed by atoms with Gasteiger partial charge < -0.3 is 5.32 Å². The van der Waals surface area contributed by atoms with Gasteiger partial charge in [-0.15, -0.1) is 0 Å². The van der Waals surface area contributed by atoms with Crippen LogP contribution in [0.25, 0.3) is 16.7 Å². The highest BCUT2D eigenvalue weighted by molar-refractivity contribution is 5.67. The van der Waals surface area contributed by atoms with E-state index in [4.69, 9.17) is 0 Å². The van der Waals surface area contributed by atoms with Gasteiger partial charge in [-0.05, 0) is 53.3 Å². The Balaban J connectivity index is 1.48. The Bertz CT molecular complexity index is 901. The van der Waals surface area contributed by atoms with Gasteiger partial charge in [-0.2, -0.15) is 0 Å². The third-order valence-electron chi connectivity index (χ3n) is 4.82. The third kappa shape index (κ3) is 3.89. The molecular formula is C23H21FN2. The zero-order valence-electron chi connectivity index (χ0n) is 14.5. The first-order valence-corrected chi connectivity index (χ1v) is 8.95. The van der Waals surface area contributed by atoms with Crippen LogP contribution >= 0.6 is 0 Å². The van der Waals surface area contributed by atoms with Crippen molar-refractivity contribution in [1.82, 2.24) is 10.3 Å². The second-order valence-corrected chi connectivity index (χ2v) is 6.70. The van der Waals surface area contributed by atoms with E-state index in [9.17, 15) is 4.39 Å². The van der Waals surface area contributed by atoms with Crippen molar-refractivity contribution in [1.29, 1.82) is 0 Å². The lowest BCUT2D eigenvalue weighted by atomic mass is 9.92. The average molecular weight is 344 g/mol. The number of aromatic nitrogens is 1. The van der Waals surface area contributed by atoms with Gasteiger partial charge in [0.15, 0.2) is 0 Å². The summed E-state index contributed by atoms with van der Waals surface area (Å²) in [5, 5.41) is 3.56. The molecule has 1 atom stereocenters. The molecule has 0 saturated heterocycles. The van der Waals surface area contributed by atoms with Crippen LogP contribution < -0.4 is 5.32 Å². The van der Waals surface area contributed by atoms with Gasteiger partial charge >= 0.3 is 0 Å². The van der Waals surface area contributed by atoms with Crippen molar-refractivity contribution in [3.05, 3.63) is 96.1 Å². The summed E-state index contributed by atoms with van der Waals surface area (Å²) in [6.07, 6.45) is 7.91. The van der Waals surface area contributed by atoms with E-state index in [2.05, 4.69) is 34.6 Å². The SMILES string of the molecule is Fc1ccc(C2=CCNC(Cc3cncc(-c4ccccc4)c3)C2)cc1. The summed E-state index contributed by atoms with van der Waals surface area (Å²) in [6.45, 7) is 0.836. The Morgan fingerprint density at radius 1 is 0.923 bits per heavy atom. The molecule has 3 heteroatoms. The minimum Gasteiger partial charge on any atom is -0.310 e. The highest BCUT2D eigenvalue weighted by Gasteiger charge is 2.17. The maximum atomic E-state index is 13.2. The van der Waals surface area contributed by atoms with Gasteiger partial charge in [0.1, 0.15) is 5.82 Å². The molecule has 1 aromatic heterocycles. The molecule has 4 rings (SSSR count). The molecule has 26 heavy (non-hydrogen) atoms. The highest BCUT2D eigenvalue weighted by atomic mass is 19.1. The second-order valence-electron chi connectivity index (χ2n) is 6.70. The summed E-state index contributed by atoms with van der Waals surface area (Å²) in [5.74, 6) is -0.191. The van der Waals surface area contributed by atoms with Crippen LogP contribution in [0.3, 0.4) is 0 Å². The van der Waals surface area contributed by atoms with Gasteiger partial charge in [-0.1, -0.05) is 48.5 Å². The van der Waals surface area contributed by atoms with E-state index >= 15 is 0 Å². The molecule has 2 nitrogen and oxygen atoms in total. The Labute approximate surface area is 153 Å². The van der Waals surface area contributed by atoms with Crippen molar-refractivity contribution in [2.24, 2.45) is 0 Å². The first-order chi connectivity index (χ1) is 12.8. The first-order valence-electron chi connectivity index (χ1n) is 8.95. The minimum atomic E-state index is -0.191. The topological polar surface area (TPSA) is 24.9 Å². The summed E-state index contributed by atoms with van der Waals surface area (Å²) in [4.78, 5) is 4.43. The van der Waals surface area contributed by atoms with E-state index in [0.717, 1.165) is 30.5 Å². The third-order valence-corrected chi connectivity index (χ3v) is 4.82. The molecule has 0 radical (unpaired) electrons. The Morgan fingerprint density at radius 3 is 2.54 bits per heavy atom. The number of halogens is 1. The van der Waals surface area contributed by atoms with Gasteiger partial charge in [0.2, 0.25) is 0 Å². The number of rotatable bonds is 4. The Hall–Kier alpha value is -2.78. The fourth-order valence-corrected chi connectivity index (χ4v) is 3.49. The van der Waals surface area contributed by atoms with E-state index in [1.807, 2.05) is 42.7 Å². The van der Waals surface area contributed by atoms with Crippen molar-refractivity contribution in [2.75, 3.05) is 6.54 Å². The molecule has 1 aliphatic rings. The molecule has 2 aromatic carbocycles. The van der Waals surface area contributed by atoms with Crippen molar-refractivity contribution in [3.8, 4) is 11.1 Å². The van der Waals surface area contributed by atoms with Crippen LogP contribution in [-0.2, 0) is 6.42 Å². The van der Waals surface area contributed by atoms with Gasteiger partial charge in [-0.3, -0.25) is 4.98 Å². The normalized spacial score (nSPS) is 17.0. The van der Waals surface area contributed by atoms with E-state index in [1.54, 1.807) is 0 Å². The van der Waals surface area contributed by atoms with E-state index in [1.165, 1.54) is 28.8 Å². The number of nitrogens with one attached hydrogen (secondary N) is 1. The van der Waals surface area contributed by atoms with Crippen LogP contribution in [0.15, 0.2) is 79.1 Å². The Morgan fingerprint density at radius 2 is 1.73 bits per heavy atom. The predicted molar refractivity (Wildman–Crippen MR) is 104 cm³/mol. The molecule has 0 amide bonds. The molecule has 1 aliphatic heterocycles. The van der Waals surface area contributed by atoms with Crippen molar-refractivity contribution in [3.63, 3.8) is 0 Å². The van der Waals surface area contributed by atoms with Crippen molar-refractivity contribution < 1.29 is 4.39 Å². The molecule has 0 aliphatic carbocycles. The van der Waals surface area contributed by atoms with Crippen LogP contribution in [0, 0.1) is 5.82 Å². The summed E-state index contributed by atoms with van der Waals surface area (Å²) < 4.78 is 13.2. The van der Waals surface area contributed by atoms with Crippen molar-refractivity contribution in [2.45, 2.75) is 18.9 Å². The van der Waals surface area contributed by atoms with Crippen LogP contribution in [0.1, 0.15) is 17.5 Å². The summed E-state index contributed by atoms with van der Waals surface area (Å²) >= 11 is 0. The Kier molecular flexibility index (Phi) is 4.89. The molecular weight excluding hydrogens is 323 g/mol. The lowest BCUT2D eigenvalue weighted by Gasteiger charge is -2.25. The molecule has 0 saturated carbocycles. The quantitative estimate of drug-likeness (QED) is 0.730. The molecule has 2 heterocycles. The summed E-state index contributed by atoms with van der Waals surface area (Å²) in [5.41, 5.74) is 5.94. The monoisotopic (exact) mass is 344 g/mol. The molecule has 1 unspecified atom stereocenters. The molecule has 0 bridgehead atoms. The lowest BCUT2D eigenvalue weighted by Crippen LogP contribution is -2.34. The largest absolute Gasteiger partial charge is 0.310 e. The highest BCUT2D eigenvalue weighted by Crippen LogP contribution is 2.25.